The highest BCUT2D eigenvalue weighted by molar-refractivity contribution is 5.94. The monoisotopic (exact) mass is 253 g/mol. The largest absolute Gasteiger partial charge is 0.396 e. The van der Waals surface area contributed by atoms with E-state index in [2.05, 4.69) is 5.32 Å². The number of hydrogen-bond donors (Lipinski definition) is 2. The molecule has 0 radical (unpaired) electrons. The Kier molecular flexibility index (Phi) is 6.36. The molecule has 2 N–H and O–H groups in total. The summed E-state index contributed by atoms with van der Waals surface area (Å²) < 4.78 is 13.6. The Hall–Kier alpha value is -1.42. The molecule has 0 bridgehead atoms. The first kappa shape index (κ1) is 14.6. The summed E-state index contributed by atoms with van der Waals surface area (Å²) in [5.41, 5.74) is 0.580. The van der Waals surface area contributed by atoms with Gasteiger partial charge in [0, 0.05) is 13.2 Å². The van der Waals surface area contributed by atoms with E-state index in [0.717, 1.165) is 25.7 Å². The van der Waals surface area contributed by atoms with E-state index < -0.39 is 5.82 Å². The number of aryl methyl sites for hydroxylation is 1. The van der Waals surface area contributed by atoms with Gasteiger partial charge in [-0.3, -0.25) is 4.79 Å². The van der Waals surface area contributed by atoms with Gasteiger partial charge in [-0.05, 0) is 31.4 Å². The molecule has 0 aromatic heterocycles. The lowest BCUT2D eigenvalue weighted by Gasteiger charge is -2.07. The van der Waals surface area contributed by atoms with Gasteiger partial charge in [-0.1, -0.05) is 25.0 Å². The third kappa shape index (κ3) is 4.45. The number of amides is 1. The second-order valence-electron chi connectivity index (χ2n) is 4.33. The van der Waals surface area contributed by atoms with Gasteiger partial charge in [0.05, 0.1) is 5.56 Å². The molecular formula is C14H20FNO2. The molecule has 1 rings (SSSR count). The number of aliphatic hydroxyl groups excluding tert-OH is 1. The lowest BCUT2D eigenvalue weighted by molar-refractivity contribution is 0.0948. The minimum Gasteiger partial charge on any atom is -0.396 e. The quantitative estimate of drug-likeness (QED) is 0.733. The first-order chi connectivity index (χ1) is 8.66. The van der Waals surface area contributed by atoms with E-state index in [4.69, 9.17) is 5.11 Å². The van der Waals surface area contributed by atoms with Crippen LogP contribution in [0.3, 0.4) is 0 Å². The smallest absolute Gasteiger partial charge is 0.254 e. The van der Waals surface area contributed by atoms with Crippen LogP contribution in [0, 0.1) is 12.7 Å². The second-order valence-corrected chi connectivity index (χ2v) is 4.33. The topological polar surface area (TPSA) is 49.3 Å². The van der Waals surface area contributed by atoms with E-state index in [-0.39, 0.29) is 18.1 Å². The SMILES string of the molecule is Cc1cccc(C(=O)NCCCCCCO)c1F. The molecule has 0 aliphatic carbocycles. The van der Waals surface area contributed by atoms with Gasteiger partial charge >= 0.3 is 0 Å². The third-order valence-electron chi connectivity index (χ3n) is 2.81. The molecule has 18 heavy (non-hydrogen) atoms. The highest BCUT2D eigenvalue weighted by Gasteiger charge is 2.11. The van der Waals surface area contributed by atoms with Crippen molar-refractivity contribution in [2.75, 3.05) is 13.2 Å². The number of benzene rings is 1. The molecule has 0 fully saturated rings. The van der Waals surface area contributed by atoms with Gasteiger partial charge in [0.1, 0.15) is 5.82 Å². The maximum absolute atomic E-state index is 13.6. The third-order valence-corrected chi connectivity index (χ3v) is 2.81. The summed E-state index contributed by atoms with van der Waals surface area (Å²) in [6, 6.07) is 4.80. The van der Waals surface area contributed by atoms with E-state index in [1.165, 1.54) is 6.07 Å². The van der Waals surface area contributed by atoms with Crippen molar-refractivity contribution in [3.8, 4) is 0 Å². The molecule has 0 spiro atoms. The number of unbranched alkanes of at least 4 members (excludes halogenated alkanes) is 3. The van der Waals surface area contributed by atoms with E-state index in [0.29, 0.717) is 12.1 Å². The summed E-state index contributed by atoms with van der Waals surface area (Å²) in [5.74, 6) is -0.811. The number of carbonyl (C=O) groups excluding carboxylic acids is 1. The van der Waals surface area contributed by atoms with Crippen molar-refractivity contribution in [2.24, 2.45) is 0 Å². The van der Waals surface area contributed by atoms with Gasteiger partial charge in [-0.2, -0.15) is 0 Å². The Morgan fingerprint density at radius 3 is 2.72 bits per heavy atom. The summed E-state index contributed by atoms with van der Waals surface area (Å²) in [4.78, 5) is 11.7. The molecule has 100 valence electrons. The zero-order valence-electron chi connectivity index (χ0n) is 10.7. The van der Waals surface area contributed by atoms with Crippen LogP contribution in [0.4, 0.5) is 4.39 Å². The number of aliphatic hydroxyl groups is 1. The molecule has 0 aliphatic rings. The zero-order chi connectivity index (χ0) is 13.4. The van der Waals surface area contributed by atoms with Gasteiger partial charge in [0.25, 0.3) is 5.91 Å². The van der Waals surface area contributed by atoms with Gasteiger partial charge in [-0.25, -0.2) is 4.39 Å². The van der Waals surface area contributed by atoms with Crippen molar-refractivity contribution in [1.29, 1.82) is 0 Å². The van der Waals surface area contributed by atoms with Crippen molar-refractivity contribution < 1.29 is 14.3 Å². The summed E-state index contributed by atoms with van der Waals surface area (Å²) in [7, 11) is 0. The molecule has 3 nitrogen and oxygen atoms in total. The molecule has 1 aromatic rings. The van der Waals surface area contributed by atoms with Crippen LogP contribution in [-0.4, -0.2) is 24.2 Å². The highest BCUT2D eigenvalue weighted by Crippen LogP contribution is 2.11. The van der Waals surface area contributed by atoms with Crippen LogP contribution in [0.15, 0.2) is 18.2 Å². The average molecular weight is 253 g/mol. The Balaban J connectivity index is 2.35. The molecule has 0 saturated heterocycles. The fraction of sp³-hybridized carbons (Fsp3) is 0.500. The Morgan fingerprint density at radius 1 is 1.28 bits per heavy atom. The zero-order valence-corrected chi connectivity index (χ0v) is 10.7. The van der Waals surface area contributed by atoms with Crippen LogP contribution in [0.25, 0.3) is 0 Å². The fourth-order valence-electron chi connectivity index (χ4n) is 1.71. The van der Waals surface area contributed by atoms with Gasteiger partial charge < -0.3 is 10.4 Å². The van der Waals surface area contributed by atoms with Crippen LogP contribution in [0.5, 0.6) is 0 Å². The normalized spacial score (nSPS) is 10.4. The molecule has 1 amide bonds. The summed E-state index contributed by atoms with van der Waals surface area (Å²) in [6.45, 7) is 2.39. The van der Waals surface area contributed by atoms with Crippen LogP contribution in [0.2, 0.25) is 0 Å². The summed E-state index contributed by atoms with van der Waals surface area (Å²) in [5, 5.41) is 11.3. The number of hydrogen-bond acceptors (Lipinski definition) is 2. The average Bonchev–Trinajstić information content (AvgIpc) is 2.36. The molecule has 4 heteroatoms. The lowest BCUT2D eigenvalue weighted by Crippen LogP contribution is -2.25. The predicted molar refractivity (Wildman–Crippen MR) is 69.0 cm³/mol. The number of rotatable bonds is 7. The van der Waals surface area contributed by atoms with E-state index in [9.17, 15) is 9.18 Å². The van der Waals surface area contributed by atoms with Crippen LogP contribution < -0.4 is 5.32 Å². The van der Waals surface area contributed by atoms with Gasteiger partial charge in [-0.15, -0.1) is 0 Å². The number of halogens is 1. The van der Waals surface area contributed by atoms with Gasteiger partial charge in [0.15, 0.2) is 0 Å². The Morgan fingerprint density at radius 2 is 2.00 bits per heavy atom. The minimum absolute atomic E-state index is 0.102. The maximum Gasteiger partial charge on any atom is 0.254 e. The van der Waals surface area contributed by atoms with E-state index in [1.54, 1.807) is 19.1 Å². The van der Waals surface area contributed by atoms with E-state index >= 15 is 0 Å². The van der Waals surface area contributed by atoms with Crippen LogP contribution in [0.1, 0.15) is 41.6 Å². The minimum atomic E-state index is -0.449. The van der Waals surface area contributed by atoms with Gasteiger partial charge in [0.2, 0.25) is 0 Å². The predicted octanol–water partition coefficient (Wildman–Crippen LogP) is 2.42. The first-order valence-electron chi connectivity index (χ1n) is 6.31. The van der Waals surface area contributed by atoms with Crippen molar-refractivity contribution in [2.45, 2.75) is 32.6 Å². The van der Waals surface area contributed by atoms with Crippen molar-refractivity contribution in [1.82, 2.24) is 5.32 Å². The molecular weight excluding hydrogens is 233 g/mol. The molecule has 0 unspecified atom stereocenters. The van der Waals surface area contributed by atoms with E-state index in [1.807, 2.05) is 0 Å². The van der Waals surface area contributed by atoms with Crippen molar-refractivity contribution in [3.63, 3.8) is 0 Å². The molecule has 0 atom stereocenters. The Bertz CT molecular complexity index is 393. The number of carbonyl (C=O) groups is 1. The van der Waals surface area contributed by atoms with Crippen LogP contribution in [-0.2, 0) is 0 Å². The fourth-order valence-corrected chi connectivity index (χ4v) is 1.71. The van der Waals surface area contributed by atoms with Crippen molar-refractivity contribution >= 4 is 5.91 Å². The Labute approximate surface area is 107 Å². The maximum atomic E-state index is 13.6. The number of nitrogens with one attached hydrogen (secondary N) is 1. The standard InChI is InChI=1S/C14H20FNO2/c1-11-7-6-8-12(13(11)15)14(18)16-9-4-2-3-5-10-17/h6-8,17H,2-5,9-10H2,1H3,(H,16,18). The lowest BCUT2D eigenvalue weighted by atomic mass is 10.1. The molecule has 0 aliphatic heterocycles. The van der Waals surface area contributed by atoms with Crippen LogP contribution >= 0.6 is 0 Å². The molecule has 1 aromatic carbocycles. The summed E-state index contributed by atoms with van der Waals surface area (Å²) >= 11 is 0. The first-order valence-corrected chi connectivity index (χ1v) is 6.31. The van der Waals surface area contributed by atoms with Crippen molar-refractivity contribution in [3.05, 3.63) is 35.1 Å². The summed E-state index contributed by atoms with van der Waals surface area (Å²) in [6.07, 6.45) is 3.54. The molecule has 0 saturated carbocycles. The highest BCUT2D eigenvalue weighted by atomic mass is 19.1. The second kappa shape index (κ2) is 7.82. The molecule has 0 heterocycles.